The van der Waals surface area contributed by atoms with Gasteiger partial charge in [-0.1, -0.05) is 32.1 Å². The van der Waals surface area contributed by atoms with Crippen LogP contribution in [0.15, 0.2) is 0 Å². The molecule has 0 radical (unpaired) electrons. The maximum atomic E-state index is 12.1. The predicted octanol–water partition coefficient (Wildman–Crippen LogP) is 3.21. The van der Waals surface area contributed by atoms with Gasteiger partial charge in [-0.15, -0.1) is 0 Å². The van der Waals surface area contributed by atoms with Gasteiger partial charge in [-0.05, 0) is 19.3 Å². The third kappa shape index (κ3) is 6.23. The van der Waals surface area contributed by atoms with Crippen molar-refractivity contribution in [1.29, 1.82) is 0 Å². The summed E-state index contributed by atoms with van der Waals surface area (Å²) in [5, 5.41) is 0. The van der Waals surface area contributed by atoms with Crippen LogP contribution in [0, 0.1) is 5.92 Å². The highest BCUT2D eigenvalue weighted by Crippen LogP contribution is 2.25. The fourth-order valence-electron chi connectivity index (χ4n) is 2.35. The second kappa shape index (κ2) is 8.00. The number of hydrogen-bond acceptors (Lipinski definition) is 4. The van der Waals surface area contributed by atoms with Gasteiger partial charge in [0.1, 0.15) is 0 Å². The van der Waals surface area contributed by atoms with Gasteiger partial charge in [-0.2, -0.15) is 13.2 Å². The van der Waals surface area contributed by atoms with Gasteiger partial charge in [0, 0.05) is 0 Å². The zero-order valence-corrected chi connectivity index (χ0v) is 12.6. The number of halogens is 3. The van der Waals surface area contributed by atoms with E-state index in [4.69, 9.17) is 4.74 Å². The van der Waals surface area contributed by atoms with Gasteiger partial charge in [-0.3, -0.25) is 4.79 Å². The molecule has 4 nitrogen and oxygen atoms in total. The third-order valence-corrected chi connectivity index (χ3v) is 5.12. The molecule has 1 aliphatic carbocycles. The fraction of sp³-hybridized carbons (Fsp3) is 0.923. The molecule has 124 valence electrons. The van der Waals surface area contributed by atoms with Crippen LogP contribution in [0.5, 0.6) is 0 Å². The summed E-state index contributed by atoms with van der Waals surface area (Å²) >= 11 is 0. The molecule has 1 aliphatic rings. The van der Waals surface area contributed by atoms with E-state index in [0.717, 1.165) is 44.9 Å². The Morgan fingerprint density at radius 1 is 1.05 bits per heavy atom. The van der Waals surface area contributed by atoms with E-state index >= 15 is 0 Å². The minimum Gasteiger partial charge on any atom is -0.465 e. The first-order chi connectivity index (χ1) is 9.74. The first-order valence-corrected chi connectivity index (χ1v) is 8.85. The molecule has 0 atom stereocenters. The topological polar surface area (TPSA) is 60.4 Å². The summed E-state index contributed by atoms with van der Waals surface area (Å²) in [5.74, 6) is -1.67. The van der Waals surface area contributed by atoms with Crippen molar-refractivity contribution in [2.24, 2.45) is 5.92 Å². The Morgan fingerprint density at radius 3 is 2.10 bits per heavy atom. The largest absolute Gasteiger partial charge is 0.497 e. The molecule has 0 heterocycles. The van der Waals surface area contributed by atoms with Crippen LogP contribution >= 0.6 is 0 Å². The number of esters is 1. The summed E-state index contributed by atoms with van der Waals surface area (Å²) in [4.78, 5) is 11.8. The second-order valence-corrected chi connectivity index (χ2v) is 7.43. The van der Waals surface area contributed by atoms with Crippen molar-refractivity contribution in [1.82, 2.24) is 0 Å². The number of carbonyl (C=O) groups excluding carboxylic acids is 1. The summed E-state index contributed by atoms with van der Waals surface area (Å²) in [6.45, 7) is -0.287. The van der Waals surface area contributed by atoms with Gasteiger partial charge in [0.05, 0.1) is 18.3 Å². The number of sulfone groups is 1. The van der Waals surface area contributed by atoms with Crippen molar-refractivity contribution in [3.05, 3.63) is 0 Å². The van der Waals surface area contributed by atoms with Crippen LogP contribution in [0.2, 0.25) is 0 Å². The molecule has 1 fully saturated rings. The lowest BCUT2D eigenvalue weighted by molar-refractivity contribution is -0.149. The van der Waals surface area contributed by atoms with Crippen LogP contribution in [0.1, 0.15) is 51.4 Å². The van der Waals surface area contributed by atoms with Crippen molar-refractivity contribution in [3.8, 4) is 0 Å². The normalized spacial score (nSPS) is 18.8. The predicted molar refractivity (Wildman–Crippen MR) is 71.2 cm³/mol. The van der Waals surface area contributed by atoms with Crippen molar-refractivity contribution in [2.75, 3.05) is 12.4 Å². The van der Waals surface area contributed by atoms with E-state index in [1.165, 1.54) is 0 Å². The zero-order chi connectivity index (χ0) is 15.9. The van der Waals surface area contributed by atoms with Crippen LogP contribution in [-0.2, 0) is 19.4 Å². The summed E-state index contributed by atoms with van der Waals surface area (Å²) in [5.41, 5.74) is -5.24. The number of rotatable bonds is 5. The Morgan fingerprint density at radius 2 is 1.57 bits per heavy atom. The van der Waals surface area contributed by atoms with Crippen molar-refractivity contribution < 1.29 is 31.1 Å². The SMILES string of the molecule is O=C(OCCCS(=O)(=O)C(F)(F)F)C1CCCCCCC1. The molecule has 0 unspecified atom stereocenters. The summed E-state index contributed by atoms with van der Waals surface area (Å²) in [7, 11) is -5.12. The maximum Gasteiger partial charge on any atom is 0.497 e. The second-order valence-electron chi connectivity index (χ2n) is 5.33. The molecule has 0 spiro atoms. The quantitative estimate of drug-likeness (QED) is 0.574. The van der Waals surface area contributed by atoms with Gasteiger partial charge in [-0.25, -0.2) is 8.42 Å². The standard InChI is InChI=1S/C13H21F3O4S/c14-13(15,16)21(18,19)10-6-9-20-12(17)11-7-4-2-1-3-5-8-11/h11H,1-10H2. The highest BCUT2D eigenvalue weighted by molar-refractivity contribution is 7.92. The molecule has 0 aliphatic heterocycles. The Kier molecular flexibility index (Phi) is 6.96. The molecule has 1 saturated carbocycles. The van der Waals surface area contributed by atoms with E-state index in [-0.39, 0.29) is 18.9 Å². The molecule has 0 aromatic carbocycles. The molecular formula is C13H21F3O4S. The van der Waals surface area contributed by atoms with Gasteiger partial charge >= 0.3 is 11.5 Å². The molecule has 0 saturated heterocycles. The lowest BCUT2D eigenvalue weighted by Crippen LogP contribution is -2.27. The van der Waals surface area contributed by atoms with Crippen molar-refractivity contribution in [3.63, 3.8) is 0 Å². The molecule has 0 bridgehead atoms. The van der Waals surface area contributed by atoms with E-state index < -0.39 is 27.1 Å². The Balaban J connectivity index is 2.30. The minimum absolute atomic E-state index is 0.204. The van der Waals surface area contributed by atoms with E-state index in [9.17, 15) is 26.4 Å². The van der Waals surface area contributed by atoms with Crippen molar-refractivity contribution >= 4 is 15.8 Å². The van der Waals surface area contributed by atoms with Crippen LogP contribution in [0.4, 0.5) is 13.2 Å². The van der Waals surface area contributed by atoms with Crippen LogP contribution < -0.4 is 0 Å². The third-order valence-electron chi connectivity index (χ3n) is 3.59. The Hall–Kier alpha value is -0.790. The molecular weight excluding hydrogens is 309 g/mol. The molecule has 8 heteroatoms. The van der Waals surface area contributed by atoms with E-state index in [0.29, 0.717) is 0 Å². The lowest BCUT2D eigenvalue weighted by Gasteiger charge is -2.18. The van der Waals surface area contributed by atoms with Crippen LogP contribution in [0.25, 0.3) is 0 Å². The Bertz CT molecular complexity index is 423. The average molecular weight is 330 g/mol. The van der Waals surface area contributed by atoms with Gasteiger partial charge in [0.25, 0.3) is 0 Å². The summed E-state index contributed by atoms with van der Waals surface area (Å²) < 4.78 is 62.8. The van der Waals surface area contributed by atoms with Gasteiger partial charge < -0.3 is 4.74 Å². The molecule has 0 aromatic heterocycles. The van der Waals surface area contributed by atoms with E-state index in [1.807, 2.05) is 0 Å². The zero-order valence-electron chi connectivity index (χ0n) is 11.8. The van der Waals surface area contributed by atoms with E-state index in [1.54, 1.807) is 0 Å². The average Bonchev–Trinajstić information content (AvgIpc) is 2.32. The molecule has 0 N–H and O–H groups in total. The highest BCUT2D eigenvalue weighted by atomic mass is 32.2. The molecule has 21 heavy (non-hydrogen) atoms. The smallest absolute Gasteiger partial charge is 0.465 e. The van der Waals surface area contributed by atoms with Crippen molar-refractivity contribution in [2.45, 2.75) is 56.9 Å². The summed E-state index contributed by atoms with van der Waals surface area (Å²) in [6, 6.07) is 0. The molecule has 0 aromatic rings. The number of carbonyl (C=O) groups is 1. The van der Waals surface area contributed by atoms with E-state index in [2.05, 4.69) is 0 Å². The number of ether oxygens (including phenoxy) is 1. The first kappa shape index (κ1) is 18.3. The first-order valence-electron chi connectivity index (χ1n) is 7.20. The van der Waals surface area contributed by atoms with Gasteiger partial charge in [0.15, 0.2) is 0 Å². The summed E-state index contributed by atoms with van der Waals surface area (Å²) in [6.07, 6.45) is 6.35. The van der Waals surface area contributed by atoms with Crippen LogP contribution in [-0.4, -0.2) is 32.3 Å². The number of hydrogen-bond donors (Lipinski definition) is 0. The monoisotopic (exact) mass is 330 g/mol. The van der Waals surface area contributed by atoms with Gasteiger partial charge in [0.2, 0.25) is 9.84 Å². The number of alkyl halides is 3. The molecule has 0 amide bonds. The maximum absolute atomic E-state index is 12.1. The Labute approximate surface area is 123 Å². The molecule has 1 rings (SSSR count). The lowest BCUT2D eigenvalue weighted by atomic mass is 9.91. The minimum atomic E-state index is -5.24. The van der Waals surface area contributed by atoms with Crippen LogP contribution in [0.3, 0.4) is 0 Å². The highest BCUT2D eigenvalue weighted by Gasteiger charge is 2.44. The fourth-order valence-corrected chi connectivity index (χ4v) is 3.08.